The van der Waals surface area contributed by atoms with Gasteiger partial charge >= 0.3 is 0 Å². The van der Waals surface area contributed by atoms with E-state index in [9.17, 15) is 0 Å². The Hall–Kier alpha value is -3.95. The summed E-state index contributed by atoms with van der Waals surface area (Å²) in [5, 5.41) is 6.19. The average Bonchev–Trinajstić information content (AvgIpc) is 3.51. The molecule has 0 fully saturated rings. The Bertz CT molecular complexity index is 1950. The van der Waals surface area contributed by atoms with Gasteiger partial charge in [-0.2, -0.15) is 0 Å². The van der Waals surface area contributed by atoms with Crippen molar-refractivity contribution in [2.75, 3.05) is 0 Å². The van der Waals surface area contributed by atoms with Gasteiger partial charge in [-0.25, -0.2) is 4.98 Å². The average molecular weight is 467 g/mol. The lowest BCUT2D eigenvalue weighted by Crippen LogP contribution is -2.15. The second kappa shape index (κ2) is 6.59. The van der Waals surface area contributed by atoms with Gasteiger partial charge in [0.05, 0.1) is 21.3 Å². The molecular formula is C32H22N2S. The van der Waals surface area contributed by atoms with Crippen molar-refractivity contribution in [2.45, 2.75) is 19.3 Å². The lowest BCUT2D eigenvalue weighted by molar-refractivity contribution is 0.662. The van der Waals surface area contributed by atoms with E-state index in [4.69, 9.17) is 4.98 Å². The molecule has 0 spiro atoms. The molecule has 0 N–H and O–H groups in total. The monoisotopic (exact) mass is 466 g/mol. The fourth-order valence-corrected chi connectivity index (χ4v) is 7.04. The maximum absolute atomic E-state index is 5.04. The van der Waals surface area contributed by atoms with Gasteiger partial charge < -0.3 is 0 Å². The largest absolute Gasteiger partial charge is 0.285 e. The van der Waals surface area contributed by atoms with Crippen molar-refractivity contribution in [3.05, 3.63) is 108 Å². The van der Waals surface area contributed by atoms with Crippen LogP contribution in [0.15, 0.2) is 97.1 Å². The highest BCUT2D eigenvalue weighted by Crippen LogP contribution is 2.52. The molecule has 0 saturated heterocycles. The van der Waals surface area contributed by atoms with Crippen LogP contribution in [0.3, 0.4) is 0 Å². The van der Waals surface area contributed by atoms with Gasteiger partial charge in [-0.15, -0.1) is 0 Å². The number of hydrogen-bond acceptors (Lipinski definition) is 2. The normalized spacial score (nSPS) is 14.2. The van der Waals surface area contributed by atoms with Crippen molar-refractivity contribution >= 4 is 54.1 Å². The molecule has 0 bridgehead atoms. The Morgan fingerprint density at radius 3 is 2.20 bits per heavy atom. The Morgan fingerprint density at radius 1 is 0.657 bits per heavy atom. The second-order valence-electron chi connectivity index (χ2n) is 10.1. The number of nitrogens with zero attached hydrogens (tertiary/aromatic N) is 2. The number of aromatic nitrogens is 2. The zero-order valence-electron chi connectivity index (χ0n) is 19.5. The van der Waals surface area contributed by atoms with E-state index in [2.05, 4.69) is 115 Å². The number of thiazole rings is 1. The molecule has 0 amide bonds. The number of rotatable bonds is 1. The van der Waals surface area contributed by atoms with Crippen LogP contribution in [0.5, 0.6) is 0 Å². The van der Waals surface area contributed by atoms with Gasteiger partial charge in [-0.3, -0.25) is 4.57 Å². The molecule has 8 rings (SSSR count). The highest BCUT2D eigenvalue weighted by molar-refractivity contribution is 7.20. The minimum Gasteiger partial charge on any atom is -0.285 e. The predicted octanol–water partition coefficient (Wildman–Crippen LogP) is 8.85. The molecule has 2 heterocycles. The molecule has 1 aliphatic rings. The van der Waals surface area contributed by atoms with Gasteiger partial charge in [-0.05, 0) is 75.5 Å². The lowest BCUT2D eigenvalue weighted by Gasteiger charge is -2.22. The third-order valence-corrected chi connectivity index (χ3v) is 8.83. The van der Waals surface area contributed by atoms with Crippen LogP contribution in [0.2, 0.25) is 0 Å². The minimum absolute atomic E-state index is 0.0717. The smallest absolute Gasteiger partial charge is 0.195 e. The van der Waals surface area contributed by atoms with Crippen LogP contribution in [0.25, 0.3) is 59.1 Å². The Balaban J connectivity index is 1.49. The standard InChI is InChI=1S/C32H22N2S/c1-32(2)25-16-20-10-4-3-9-19(20)15-22(25)23-17-24-21-11-5-7-13-28(21)34(29(24)18-26(23)32)31-33-27-12-6-8-14-30(27)35-31/h3-18H,1-2H3. The van der Waals surface area contributed by atoms with Crippen LogP contribution in [0.4, 0.5) is 0 Å². The van der Waals surface area contributed by atoms with E-state index in [0.717, 1.165) is 10.6 Å². The summed E-state index contributed by atoms with van der Waals surface area (Å²) in [5.41, 5.74) is 8.95. The minimum atomic E-state index is -0.0717. The topological polar surface area (TPSA) is 17.8 Å². The summed E-state index contributed by atoms with van der Waals surface area (Å²) in [6.45, 7) is 4.73. The van der Waals surface area contributed by atoms with Crippen molar-refractivity contribution in [1.29, 1.82) is 0 Å². The van der Waals surface area contributed by atoms with Crippen LogP contribution < -0.4 is 0 Å². The number of fused-ring (bicyclic) bond motifs is 8. The molecule has 0 radical (unpaired) electrons. The first kappa shape index (κ1) is 19.4. The summed E-state index contributed by atoms with van der Waals surface area (Å²) in [5.74, 6) is 0. The fraction of sp³-hybridized carbons (Fsp3) is 0.0938. The summed E-state index contributed by atoms with van der Waals surface area (Å²) < 4.78 is 3.58. The molecule has 2 aromatic heterocycles. The summed E-state index contributed by atoms with van der Waals surface area (Å²) in [6.07, 6.45) is 0. The first-order chi connectivity index (χ1) is 17.1. The van der Waals surface area contributed by atoms with Crippen LogP contribution >= 0.6 is 11.3 Å². The maximum Gasteiger partial charge on any atom is 0.195 e. The number of para-hydroxylation sites is 2. The van der Waals surface area contributed by atoms with E-state index in [-0.39, 0.29) is 5.41 Å². The van der Waals surface area contributed by atoms with Gasteiger partial charge in [0.15, 0.2) is 5.13 Å². The van der Waals surface area contributed by atoms with E-state index in [0.29, 0.717) is 0 Å². The molecule has 35 heavy (non-hydrogen) atoms. The maximum atomic E-state index is 5.04. The Morgan fingerprint density at radius 2 is 1.34 bits per heavy atom. The van der Waals surface area contributed by atoms with Gasteiger partial charge in [-0.1, -0.05) is 79.8 Å². The van der Waals surface area contributed by atoms with Crippen molar-refractivity contribution in [3.63, 3.8) is 0 Å². The third-order valence-electron chi connectivity index (χ3n) is 7.81. The highest BCUT2D eigenvalue weighted by atomic mass is 32.1. The van der Waals surface area contributed by atoms with Gasteiger partial charge in [0, 0.05) is 16.2 Å². The summed E-state index contributed by atoms with van der Waals surface area (Å²) in [4.78, 5) is 5.04. The zero-order valence-corrected chi connectivity index (χ0v) is 20.4. The Kier molecular flexibility index (Phi) is 3.64. The van der Waals surface area contributed by atoms with Crippen molar-refractivity contribution in [2.24, 2.45) is 0 Å². The molecule has 0 saturated carbocycles. The molecule has 7 aromatic rings. The van der Waals surface area contributed by atoms with Crippen LogP contribution in [0.1, 0.15) is 25.0 Å². The third kappa shape index (κ3) is 2.51. The Labute approximate surface area is 207 Å². The highest BCUT2D eigenvalue weighted by Gasteiger charge is 2.36. The fourth-order valence-electron chi connectivity index (χ4n) is 6.04. The molecular weight excluding hydrogens is 444 g/mol. The van der Waals surface area contributed by atoms with Gasteiger partial charge in [0.2, 0.25) is 0 Å². The van der Waals surface area contributed by atoms with Gasteiger partial charge in [0.1, 0.15) is 0 Å². The first-order valence-electron chi connectivity index (χ1n) is 12.1. The first-order valence-corrected chi connectivity index (χ1v) is 12.9. The molecule has 2 nitrogen and oxygen atoms in total. The quantitative estimate of drug-likeness (QED) is 0.236. The zero-order chi connectivity index (χ0) is 23.3. The van der Waals surface area contributed by atoms with Crippen LogP contribution in [0, 0.1) is 0 Å². The molecule has 3 heteroatoms. The summed E-state index contributed by atoms with van der Waals surface area (Å²) in [6, 6.07) is 35.5. The lowest BCUT2D eigenvalue weighted by atomic mass is 9.81. The molecule has 1 aliphatic carbocycles. The predicted molar refractivity (Wildman–Crippen MR) is 149 cm³/mol. The van der Waals surface area contributed by atoms with Crippen molar-refractivity contribution < 1.29 is 0 Å². The summed E-state index contributed by atoms with van der Waals surface area (Å²) >= 11 is 1.76. The van der Waals surface area contributed by atoms with Crippen molar-refractivity contribution in [1.82, 2.24) is 9.55 Å². The van der Waals surface area contributed by atoms with E-state index in [1.54, 1.807) is 11.3 Å². The second-order valence-corrected chi connectivity index (χ2v) is 11.1. The molecule has 166 valence electrons. The van der Waals surface area contributed by atoms with Gasteiger partial charge in [0.25, 0.3) is 0 Å². The van der Waals surface area contributed by atoms with E-state index >= 15 is 0 Å². The molecule has 0 atom stereocenters. The van der Waals surface area contributed by atoms with E-state index < -0.39 is 0 Å². The number of benzene rings is 5. The van der Waals surface area contributed by atoms with Crippen LogP contribution in [-0.4, -0.2) is 9.55 Å². The van der Waals surface area contributed by atoms with E-state index in [1.807, 2.05) is 0 Å². The van der Waals surface area contributed by atoms with Crippen molar-refractivity contribution in [3.8, 4) is 16.3 Å². The summed E-state index contributed by atoms with van der Waals surface area (Å²) in [7, 11) is 0. The van der Waals surface area contributed by atoms with E-state index in [1.165, 1.54) is 59.5 Å². The molecule has 0 aliphatic heterocycles. The molecule has 5 aromatic carbocycles. The molecule has 0 unspecified atom stereocenters. The van der Waals surface area contributed by atoms with Crippen LogP contribution in [-0.2, 0) is 5.41 Å². The number of hydrogen-bond donors (Lipinski definition) is 0. The SMILES string of the molecule is CC1(C)c2cc3ccccc3cc2-c2cc3c4ccccc4n(-c4nc5ccccc5s4)c3cc21.